The maximum atomic E-state index is 11.8. The zero-order valence-electron chi connectivity index (χ0n) is 8.37. The minimum Gasteiger partial charge on any atom is -0.334 e. The maximum absolute atomic E-state index is 11.8. The number of carbonyl (C=O) groups is 2. The van der Waals surface area contributed by atoms with Crippen molar-refractivity contribution in [2.24, 2.45) is 0 Å². The standard InChI is InChI=1S/C9H7BrClN3O2S/c10-4-1-5(7(11)12-2-4)13-8(15)6-3-17-9(16)14-6/h1-2,6H,3H2,(H,13,15)(H,14,16). The molecule has 0 saturated carbocycles. The zero-order chi connectivity index (χ0) is 12.4. The Morgan fingerprint density at radius 3 is 3.12 bits per heavy atom. The number of nitrogens with one attached hydrogen (secondary N) is 2. The molecule has 1 aliphatic rings. The van der Waals surface area contributed by atoms with Crippen LogP contribution in [-0.4, -0.2) is 27.9 Å². The Balaban J connectivity index is 2.07. The molecule has 0 aliphatic carbocycles. The molecule has 0 radical (unpaired) electrons. The summed E-state index contributed by atoms with van der Waals surface area (Å²) < 4.78 is 0.710. The second-order valence-corrected chi connectivity index (χ2v) is 5.54. The molecule has 1 aromatic rings. The molecule has 0 bridgehead atoms. The summed E-state index contributed by atoms with van der Waals surface area (Å²) in [6.07, 6.45) is 1.53. The van der Waals surface area contributed by atoms with Gasteiger partial charge in [-0.15, -0.1) is 0 Å². The quantitative estimate of drug-likeness (QED) is 0.813. The van der Waals surface area contributed by atoms with E-state index >= 15 is 0 Å². The minimum absolute atomic E-state index is 0.191. The summed E-state index contributed by atoms with van der Waals surface area (Å²) in [5.41, 5.74) is 0.414. The van der Waals surface area contributed by atoms with Crippen molar-refractivity contribution >= 4 is 56.1 Å². The Hall–Kier alpha value is -0.790. The van der Waals surface area contributed by atoms with Crippen LogP contribution in [0.25, 0.3) is 0 Å². The second kappa shape index (κ2) is 5.24. The summed E-state index contributed by atoms with van der Waals surface area (Å²) in [5.74, 6) is 0.120. The van der Waals surface area contributed by atoms with E-state index < -0.39 is 6.04 Å². The fraction of sp³-hybridized carbons (Fsp3) is 0.222. The van der Waals surface area contributed by atoms with Crippen molar-refractivity contribution in [2.45, 2.75) is 6.04 Å². The van der Waals surface area contributed by atoms with E-state index in [9.17, 15) is 9.59 Å². The van der Waals surface area contributed by atoms with E-state index in [0.29, 0.717) is 15.9 Å². The first-order chi connectivity index (χ1) is 8.06. The van der Waals surface area contributed by atoms with E-state index in [1.165, 1.54) is 6.20 Å². The summed E-state index contributed by atoms with van der Waals surface area (Å²) in [7, 11) is 0. The summed E-state index contributed by atoms with van der Waals surface area (Å²) in [6, 6.07) is 1.12. The Kier molecular flexibility index (Phi) is 3.90. The molecule has 5 nitrogen and oxygen atoms in total. The van der Waals surface area contributed by atoms with Gasteiger partial charge in [-0.3, -0.25) is 9.59 Å². The van der Waals surface area contributed by atoms with Crippen molar-refractivity contribution in [3.63, 3.8) is 0 Å². The van der Waals surface area contributed by atoms with E-state index in [4.69, 9.17) is 11.6 Å². The molecule has 1 aromatic heterocycles. The highest BCUT2D eigenvalue weighted by atomic mass is 79.9. The van der Waals surface area contributed by atoms with Crippen LogP contribution < -0.4 is 10.6 Å². The van der Waals surface area contributed by atoms with Crippen LogP contribution in [0, 0.1) is 0 Å². The van der Waals surface area contributed by atoms with Gasteiger partial charge in [0.1, 0.15) is 6.04 Å². The molecule has 90 valence electrons. The average molecular weight is 337 g/mol. The lowest BCUT2D eigenvalue weighted by molar-refractivity contribution is -0.117. The fourth-order valence-corrected chi connectivity index (χ4v) is 2.52. The van der Waals surface area contributed by atoms with E-state index in [1.54, 1.807) is 6.07 Å². The number of aromatic nitrogens is 1. The predicted molar refractivity (Wildman–Crippen MR) is 70.4 cm³/mol. The first-order valence-corrected chi connectivity index (χ1v) is 6.77. The Bertz CT molecular complexity index is 485. The molecule has 1 unspecified atom stereocenters. The number of rotatable bonds is 2. The van der Waals surface area contributed by atoms with Gasteiger partial charge in [0.2, 0.25) is 5.91 Å². The van der Waals surface area contributed by atoms with Crippen LogP contribution in [0.1, 0.15) is 0 Å². The van der Waals surface area contributed by atoms with E-state index in [0.717, 1.165) is 11.8 Å². The van der Waals surface area contributed by atoms with Gasteiger partial charge in [0.25, 0.3) is 5.24 Å². The van der Waals surface area contributed by atoms with Gasteiger partial charge < -0.3 is 10.6 Å². The molecule has 2 heterocycles. The Morgan fingerprint density at radius 2 is 2.47 bits per heavy atom. The second-order valence-electron chi connectivity index (χ2n) is 3.28. The third-order valence-electron chi connectivity index (χ3n) is 2.05. The molecule has 8 heteroatoms. The first kappa shape index (κ1) is 12.7. The highest BCUT2D eigenvalue weighted by Crippen LogP contribution is 2.23. The SMILES string of the molecule is O=C1NC(C(=O)Nc2cc(Br)cnc2Cl)CS1. The van der Waals surface area contributed by atoms with E-state index in [1.807, 2.05) is 0 Å². The normalized spacial score (nSPS) is 18.9. The number of hydrogen-bond donors (Lipinski definition) is 2. The van der Waals surface area contributed by atoms with Crippen LogP contribution in [0.5, 0.6) is 0 Å². The van der Waals surface area contributed by atoms with Gasteiger partial charge in [0.05, 0.1) is 5.69 Å². The molecule has 1 atom stereocenters. The van der Waals surface area contributed by atoms with Crippen LogP contribution >= 0.6 is 39.3 Å². The summed E-state index contributed by atoms with van der Waals surface area (Å²) in [4.78, 5) is 26.6. The van der Waals surface area contributed by atoms with Crippen LogP contribution in [0.2, 0.25) is 5.15 Å². The monoisotopic (exact) mass is 335 g/mol. The van der Waals surface area contributed by atoms with Crippen molar-refractivity contribution in [2.75, 3.05) is 11.1 Å². The lowest BCUT2D eigenvalue weighted by atomic mass is 10.3. The molecule has 2 N–H and O–H groups in total. The number of hydrogen-bond acceptors (Lipinski definition) is 4. The number of amides is 2. The highest BCUT2D eigenvalue weighted by Gasteiger charge is 2.28. The number of carbonyl (C=O) groups excluding carboxylic acids is 2. The molecule has 2 rings (SSSR count). The third kappa shape index (κ3) is 3.11. The average Bonchev–Trinajstić information content (AvgIpc) is 2.70. The molecule has 1 aliphatic heterocycles. The number of anilines is 1. The van der Waals surface area contributed by atoms with Gasteiger partial charge in [0.15, 0.2) is 5.15 Å². The molecule has 1 fully saturated rings. The van der Waals surface area contributed by atoms with Crippen LogP contribution in [0.3, 0.4) is 0 Å². The van der Waals surface area contributed by atoms with Crippen molar-refractivity contribution in [3.8, 4) is 0 Å². The Labute approximate surface area is 115 Å². The lowest BCUT2D eigenvalue weighted by Gasteiger charge is -2.11. The summed E-state index contributed by atoms with van der Waals surface area (Å²) in [6.45, 7) is 0. The van der Waals surface area contributed by atoms with Gasteiger partial charge in [-0.25, -0.2) is 4.98 Å². The summed E-state index contributed by atoms with van der Waals surface area (Å²) >= 11 is 10.2. The molecular weight excluding hydrogens is 330 g/mol. The highest BCUT2D eigenvalue weighted by molar-refractivity contribution is 9.10. The lowest BCUT2D eigenvalue weighted by Crippen LogP contribution is -2.38. The Morgan fingerprint density at radius 1 is 1.71 bits per heavy atom. The minimum atomic E-state index is -0.525. The van der Waals surface area contributed by atoms with E-state index in [-0.39, 0.29) is 16.3 Å². The number of halogens is 2. The molecule has 2 amide bonds. The van der Waals surface area contributed by atoms with Crippen LogP contribution in [-0.2, 0) is 4.79 Å². The van der Waals surface area contributed by atoms with E-state index in [2.05, 4.69) is 31.5 Å². The van der Waals surface area contributed by atoms with Crippen LogP contribution in [0.4, 0.5) is 10.5 Å². The van der Waals surface area contributed by atoms with Crippen molar-refractivity contribution in [1.29, 1.82) is 0 Å². The topological polar surface area (TPSA) is 71.1 Å². The van der Waals surface area contributed by atoms with Gasteiger partial charge in [-0.1, -0.05) is 23.4 Å². The molecule has 0 spiro atoms. The van der Waals surface area contributed by atoms with Crippen molar-refractivity contribution < 1.29 is 9.59 Å². The van der Waals surface area contributed by atoms with Gasteiger partial charge in [-0.05, 0) is 22.0 Å². The van der Waals surface area contributed by atoms with Gasteiger partial charge in [0, 0.05) is 16.4 Å². The first-order valence-electron chi connectivity index (χ1n) is 4.61. The zero-order valence-corrected chi connectivity index (χ0v) is 11.5. The fourth-order valence-electron chi connectivity index (χ4n) is 1.26. The summed E-state index contributed by atoms with van der Waals surface area (Å²) in [5, 5.41) is 5.18. The van der Waals surface area contributed by atoms with Crippen molar-refractivity contribution in [1.82, 2.24) is 10.3 Å². The third-order valence-corrected chi connectivity index (χ3v) is 3.67. The number of nitrogens with zero attached hydrogens (tertiary/aromatic N) is 1. The number of thioether (sulfide) groups is 1. The molecular formula is C9H7BrClN3O2S. The van der Waals surface area contributed by atoms with Crippen LogP contribution in [0.15, 0.2) is 16.7 Å². The van der Waals surface area contributed by atoms with Crippen molar-refractivity contribution in [3.05, 3.63) is 21.9 Å². The molecule has 1 saturated heterocycles. The largest absolute Gasteiger partial charge is 0.334 e. The molecule has 0 aromatic carbocycles. The number of pyridine rings is 1. The molecule has 17 heavy (non-hydrogen) atoms. The van der Waals surface area contributed by atoms with Gasteiger partial charge >= 0.3 is 0 Å². The van der Waals surface area contributed by atoms with Gasteiger partial charge in [-0.2, -0.15) is 0 Å². The smallest absolute Gasteiger partial charge is 0.279 e. The maximum Gasteiger partial charge on any atom is 0.279 e. The predicted octanol–water partition coefficient (Wildman–Crippen LogP) is 2.26.